The average Bonchev–Trinajstić information content (AvgIpc) is 2.39. The largest absolute Gasteiger partial charge is 0.478 e. The van der Waals surface area contributed by atoms with Crippen LogP contribution in [0, 0.1) is 13.8 Å². The first-order valence-corrected chi connectivity index (χ1v) is 6.57. The Morgan fingerprint density at radius 2 is 1.90 bits per heavy atom. The Hall–Kier alpha value is -2.00. The quantitative estimate of drug-likeness (QED) is 0.919. The lowest BCUT2D eigenvalue weighted by molar-refractivity contribution is -0.145. The van der Waals surface area contributed by atoms with Gasteiger partial charge in [0.2, 0.25) is 6.10 Å². The molecule has 0 saturated heterocycles. The fourth-order valence-electron chi connectivity index (χ4n) is 1.85. The fraction of sp³-hybridized carbons (Fsp3) is 0.188. The van der Waals surface area contributed by atoms with E-state index in [0.29, 0.717) is 16.3 Å². The van der Waals surface area contributed by atoms with Crippen LogP contribution in [0.4, 0.5) is 0 Å². The second kappa shape index (κ2) is 5.97. The molecule has 3 nitrogen and oxygen atoms in total. The smallest absolute Gasteiger partial charge is 0.349 e. The van der Waals surface area contributed by atoms with Gasteiger partial charge < -0.3 is 9.84 Å². The Kier molecular flexibility index (Phi) is 4.30. The number of ether oxygens (including phenoxy) is 1. The van der Waals surface area contributed by atoms with E-state index in [9.17, 15) is 9.90 Å². The number of rotatable bonds is 4. The van der Waals surface area contributed by atoms with Gasteiger partial charge in [0.15, 0.2) is 0 Å². The number of aryl methyl sites for hydroxylation is 2. The van der Waals surface area contributed by atoms with E-state index in [4.69, 9.17) is 16.3 Å². The van der Waals surface area contributed by atoms with Crippen LogP contribution in [0.3, 0.4) is 0 Å². The first-order chi connectivity index (χ1) is 9.47. The molecule has 0 aliphatic rings. The van der Waals surface area contributed by atoms with Gasteiger partial charge in [0.25, 0.3) is 0 Å². The molecule has 2 rings (SSSR count). The summed E-state index contributed by atoms with van der Waals surface area (Å²) in [6, 6.07) is 12.2. The molecule has 1 atom stereocenters. The topological polar surface area (TPSA) is 46.5 Å². The minimum Gasteiger partial charge on any atom is -0.478 e. The summed E-state index contributed by atoms with van der Waals surface area (Å²) >= 11 is 5.89. The van der Waals surface area contributed by atoms with Crippen molar-refractivity contribution in [2.75, 3.05) is 0 Å². The summed E-state index contributed by atoms with van der Waals surface area (Å²) < 4.78 is 5.59. The lowest BCUT2D eigenvalue weighted by Crippen LogP contribution is -2.18. The Morgan fingerprint density at radius 1 is 1.15 bits per heavy atom. The molecule has 0 amide bonds. The highest BCUT2D eigenvalue weighted by molar-refractivity contribution is 6.30. The predicted molar refractivity (Wildman–Crippen MR) is 78.4 cm³/mol. The van der Waals surface area contributed by atoms with Crippen LogP contribution in [0.25, 0.3) is 0 Å². The summed E-state index contributed by atoms with van der Waals surface area (Å²) in [5, 5.41) is 9.82. The number of hydrogen-bond donors (Lipinski definition) is 1. The van der Waals surface area contributed by atoms with E-state index in [0.717, 1.165) is 11.1 Å². The van der Waals surface area contributed by atoms with E-state index >= 15 is 0 Å². The summed E-state index contributed by atoms with van der Waals surface area (Å²) in [6.45, 7) is 3.95. The summed E-state index contributed by atoms with van der Waals surface area (Å²) in [5.41, 5.74) is 2.70. The third kappa shape index (κ3) is 3.31. The van der Waals surface area contributed by atoms with Gasteiger partial charge in [0, 0.05) is 10.6 Å². The van der Waals surface area contributed by atoms with Crippen LogP contribution >= 0.6 is 11.6 Å². The molecule has 20 heavy (non-hydrogen) atoms. The van der Waals surface area contributed by atoms with Gasteiger partial charge in [-0.25, -0.2) is 4.79 Å². The molecule has 0 heterocycles. The Bertz CT molecular complexity index is 637. The van der Waals surface area contributed by atoms with Crippen molar-refractivity contribution in [3.8, 4) is 5.75 Å². The zero-order valence-electron chi connectivity index (χ0n) is 11.3. The monoisotopic (exact) mass is 290 g/mol. The number of halogens is 1. The normalized spacial score (nSPS) is 11.9. The predicted octanol–water partition coefficient (Wildman–Crippen LogP) is 4.16. The van der Waals surface area contributed by atoms with Crippen LogP contribution in [-0.4, -0.2) is 11.1 Å². The molecule has 0 bridgehead atoms. The van der Waals surface area contributed by atoms with E-state index < -0.39 is 12.1 Å². The zero-order valence-corrected chi connectivity index (χ0v) is 12.0. The average molecular weight is 291 g/mol. The Balaban J connectivity index is 2.30. The van der Waals surface area contributed by atoms with Crippen LogP contribution in [-0.2, 0) is 4.79 Å². The molecule has 4 heteroatoms. The maximum Gasteiger partial charge on any atom is 0.349 e. The molecule has 0 fully saturated rings. The molecule has 0 spiro atoms. The van der Waals surface area contributed by atoms with Gasteiger partial charge in [-0.05, 0) is 49.2 Å². The molecule has 2 aromatic carbocycles. The standard InChI is InChI=1S/C16H15ClO3/c1-10-6-7-14(8-11(10)2)20-15(16(18)19)12-4-3-5-13(17)9-12/h3-9,15H,1-2H3,(H,18,19). The third-order valence-corrected chi connectivity index (χ3v) is 3.34. The van der Waals surface area contributed by atoms with Crippen molar-refractivity contribution in [2.24, 2.45) is 0 Å². The van der Waals surface area contributed by atoms with E-state index in [1.165, 1.54) is 0 Å². The zero-order chi connectivity index (χ0) is 14.7. The minimum absolute atomic E-state index is 0.484. The van der Waals surface area contributed by atoms with Gasteiger partial charge >= 0.3 is 5.97 Å². The number of carboxylic acids is 1. The SMILES string of the molecule is Cc1ccc(OC(C(=O)O)c2cccc(Cl)c2)cc1C. The van der Waals surface area contributed by atoms with Gasteiger partial charge in [-0.2, -0.15) is 0 Å². The van der Waals surface area contributed by atoms with E-state index in [-0.39, 0.29) is 0 Å². The van der Waals surface area contributed by atoms with Gasteiger partial charge in [-0.3, -0.25) is 0 Å². The summed E-state index contributed by atoms with van der Waals surface area (Å²) in [6.07, 6.45) is -1.07. The number of carbonyl (C=O) groups is 1. The van der Waals surface area contributed by atoms with Crippen LogP contribution in [0.5, 0.6) is 5.75 Å². The second-order valence-electron chi connectivity index (χ2n) is 4.64. The fourth-order valence-corrected chi connectivity index (χ4v) is 2.05. The molecule has 1 unspecified atom stereocenters. The van der Waals surface area contributed by atoms with E-state index in [1.54, 1.807) is 30.3 Å². The number of benzene rings is 2. The molecular weight excluding hydrogens is 276 g/mol. The number of carboxylic acid groups (broad SMARTS) is 1. The molecule has 0 aliphatic heterocycles. The second-order valence-corrected chi connectivity index (χ2v) is 5.07. The van der Waals surface area contributed by atoms with Crippen molar-refractivity contribution < 1.29 is 14.6 Å². The highest BCUT2D eigenvalue weighted by atomic mass is 35.5. The van der Waals surface area contributed by atoms with Gasteiger partial charge in [-0.15, -0.1) is 0 Å². The first kappa shape index (κ1) is 14.4. The molecule has 0 aromatic heterocycles. The van der Waals surface area contributed by atoms with E-state index in [1.807, 2.05) is 26.0 Å². The van der Waals surface area contributed by atoms with Gasteiger partial charge in [-0.1, -0.05) is 29.8 Å². The van der Waals surface area contributed by atoms with E-state index in [2.05, 4.69) is 0 Å². The van der Waals surface area contributed by atoms with Crippen LogP contribution in [0.1, 0.15) is 22.8 Å². The first-order valence-electron chi connectivity index (χ1n) is 6.19. The number of hydrogen-bond acceptors (Lipinski definition) is 2. The Labute approximate surface area is 122 Å². The maximum atomic E-state index is 11.4. The van der Waals surface area contributed by atoms with Crippen molar-refractivity contribution in [3.63, 3.8) is 0 Å². The molecule has 2 aromatic rings. The third-order valence-electron chi connectivity index (χ3n) is 3.11. The highest BCUT2D eigenvalue weighted by Crippen LogP contribution is 2.25. The molecule has 0 saturated carbocycles. The van der Waals surface area contributed by atoms with Crippen molar-refractivity contribution >= 4 is 17.6 Å². The lowest BCUT2D eigenvalue weighted by atomic mass is 10.1. The number of aliphatic carboxylic acids is 1. The molecule has 0 radical (unpaired) electrons. The van der Waals surface area contributed by atoms with Crippen molar-refractivity contribution in [1.29, 1.82) is 0 Å². The molecular formula is C16H15ClO3. The van der Waals surface area contributed by atoms with Gasteiger partial charge in [0.05, 0.1) is 0 Å². The molecule has 0 aliphatic carbocycles. The van der Waals surface area contributed by atoms with Crippen molar-refractivity contribution in [1.82, 2.24) is 0 Å². The maximum absolute atomic E-state index is 11.4. The summed E-state index contributed by atoms with van der Waals surface area (Å²) in [4.78, 5) is 11.4. The summed E-state index contributed by atoms with van der Waals surface area (Å²) in [5.74, 6) is -0.522. The van der Waals surface area contributed by atoms with Crippen molar-refractivity contribution in [3.05, 3.63) is 64.2 Å². The minimum atomic E-state index is -1.07. The van der Waals surface area contributed by atoms with Gasteiger partial charge in [0.1, 0.15) is 5.75 Å². The lowest BCUT2D eigenvalue weighted by Gasteiger charge is -2.16. The van der Waals surface area contributed by atoms with Crippen molar-refractivity contribution in [2.45, 2.75) is 20.0 Å². The van der Waals surface area contributed by atoms with Crippen LogP contribution < -0.4 is 4.74 Å². The Morgan fingerprint density at radius 3 is 2.50 bits per heavy atom. The molecule has 1 N–H and O–H groups in total. The van der Waals surface area contributed by atoms with Crippen LogP contribution in [0.2, 0.25) is 5.02 Å². The van der Waals surface area contributed by atoms with Crippen LogP contribution in [0.15, 0.2) is 42.5 Å². The highest BCUT2D eigenvalue weighted by Gasteiger charge is 2.22. The molecule has 104 valence electrons. The summed E-state index contributed by atoms with van der Waals surface area (Å²) in [7, 11) is 0.